The summed E-state index contributed by atoms with van der Waals surface area (Å²) >= 11 is 6.89. The summed E-state index contributed by atoms with van der Waals surface area (Å²) in [5.41, 5.74) is -1.32. The normalized spacial score (nSPS) is 22.1. The average Bonchev–Trinajstić information content (AvgIpc) is 1.67. The van der Waals surface area contributed by atoms with Gasteiger partial charge in [-0.25, -0.2) is 0 Å². The van der Waals surface area contributed by atoms with Crippen molar-refractivity contribution >= 4 is 25.3 Å². The minimum absolute atomic E-state index is 0.624. The smallest absolute Gasteiger partial charge is 0.165 e. The van der Waals surface area contributed by atoms with Gasteiger partial charge in [-0.15, -0.1) is 25.3 Å². The SMILES string of the molecule is OCC(O)(S)C(O)S. The quantitative estimate of drug-likeness (QED) is 0.259. The van der Waals surface area contributed by atoms with Crippen molar-refractivity contribution < 1.29 is 15.3 Å². The minimum atomic E-state index is -1.79. The van der Waals surface area contributed by atoms with Crippen molar-refractivity contribution in [2.75, 3.05) is 6.61 Å². The van der Waals surface area contributed by atoms with Crippen LogP contribution >= 0.6 is 25.3 Å². The molecule has 0 fully saturated rings. The van der Waals surface area contributed by atoms with Gasteiger partial charge in [-0.1, -0.05) is 0 Å². The van der Waals surface area contributed by atoms with Gasteiger partial charge < -0.3 is 15.3 Å². The molecule has 8 heavy (non-hydrogen) atoms. The Hall–Kier alpha value is 0.580. The molecule has 0 aliphatic heterocycles. The summed E-state index contributed by atoms with van der Waals surface area (Å²) in [5.74, 6) is 0. The lowest BCUT2D eigenvalue weighted by Crippen LogP contribution is -2.36. The van der Waals surface area contributed by atoms with Crippen LogP contribution in [0.15, 0.2) is 0 Å². The first kappa shape index (κ1) is 8.58. The van der Waals surface area contributed by atoms with Gasteiger partial charge in [0.1, 0.15) is 5.44 Å². The van der Waals surface area contributed by atoms with Crippen LogP contribution < -0.4 is 0 Å². The lowest BCUT2D eigenvalue weighted by molar-refractivity contribution is 0.00347. The van der Waals surface area contributed by atoms with E-state index in [1.807, 2.05) is 0 Å². The van der Waals surface area contributed by atoms with E-state index in [0.29, 0.717) is 0 Å². The van der Waals surface area contributed by atoms with Crippen LogP contribution in [-0.4, -0.2) is 32.3 Å². The highest BCUT2D eigenvalue weighted by molar-refractivity contribution is 7.85. The van der Waals surface area contributed by atoms with E-state index in [-0.39, 0.29) is 0 Å². The van der Waals surface area contributed by atoms with E-state index < -0.39 is 17.0 Å². The van der Waals surface area contributed by atoms with Crippen molar-refractivity contribution in [2.24, 2.45) is 0 Å². The molecular weight excluding hydrogens is 148 g/mol. The molecule has 0 aliphatic rings. The van der Waals surface area contributed by atoms with Crippen LogP contribution in [0, 0.1) is 0 Å². The fraction of sp³-hybridized carbons (Fsp3) is 1.00. The Kier molecular flexibility index (Phi) is 3.14. The molecule has 2 atom stereocenters. The summed E-state index contributed by atoms with van der Waals surface area (Å²) in [5, 5.41) is 25.4. The summed E-state index contributed by atoms with van der Waals surface area (Å²) in [7, 11) is 0. The standard InChI is InChI=1S/C3H8O3S2/c4-1-3(6,8)2(5)7/h2,4-8H,1H2. The van der Waals surface area contributed by atoms with Gasteiger partial charge >= 0.3 is 0 Å². The Morgan fingerprint density at radius 2 is 2.00 bits per heavy atom. The predicted molar refractivity (Wildman–Crippen MR) is 36.0 cm³/mol. The highest BCUT2D eigenvalue weighted by Crippen LogP contribution is 2.16. The molecule has 0 aromatic carbocycles. The van der Waals surface area contributed by atoms with Gasteiger partial charge in [0.25, 0.3) is 0 Å². The molecular formula is C3H8O3S2. The summed E-state index contributed by atoms with van der Waals surface area (Å²) in [6, 6.07) is 0. The topological polar surface area (TPSA) is 60.7 Å². The third-order valence-corrected chi connectivity index (χ3v) is 1.66. The lowest BCUT2D eigenvalue weighted by Gasteiger charge is -2.20. The van der Waals surface area contributed by atoms with E-state index in [4.69, 9.17) is 15.3 Å². The number of hydrogen-bond donors (Lipinski definition) is 5. The summed E-state index contributed by atoms with van der Waals surface area (Å²) < 4.78 is 0. The highest BCUT2D eigenvalue weighted by Gasteiger charge is 2.27. The third-order valence-electron chi connectivity index (χ3n) is 0.646. The van der Waals surface area contributed by atoms with Crippen molar-refractivity contribution in [3.63, 3.8) is 0 Å². The second kappa shape index (κ2) is 2.93. The van der Waals surface area contributed by atoms with Crippen molar-refractivity contribution in [1.82, 2.24) is 0 Å². The second-order valence-corrected chi connectivity index (χ2v) is 2.67. The Bertz CT molecular complexity index is 72.9. The van der Waals surface area contributed by atoms with E-state index in [2.05, 4.69) is 25.3 Å². The molecule has 0 radical (unpaired) electrons. The Morgan fingerprint density at radius 1 is 1.62 bits per heavy atom. The molecule has 0 spiro atoms. The van der Waals surface area contributed by atoms with Gasteiger partial charge in [-0.3, -0.25) is 0 Å². The number of hydrogen-bond acceptors (Lipinski definition) is 5. The molecule has 0 aromatic rings. The molecule has 5 heteroatoms. The van der Waals surface area contributed by atoms with Crippen LogP contribution in [0.5, 0.6) is 0 Å². The number of thiol groups is 2. The van der Waals surface area contributed by atoms with Gasteiger partial charge in [0.05, 0.1) is 6.61 Å². The van der Waals surface area contributed by atoms with Crippen LogP contribution in [0.4, 0.5) is 0 Å². The molecule has 0 saturated heterocycles. The molecule has 0 bridgehead atoms. The predicted octanol–water partition coefficient (Wildman–Crippen LogP) is -1.15. The molecule has 3 N–H and O–H groups in total. The number of rotatable bonds is 2. The van der Waals surface area contributed by atoms with Gasteiger partial charge in [-0.2, -0.15) is 0 Å². The Morgan fingerprint density at radius 3 is 2.00 bits per heavy atom. The molecule has 0 amide bonds. The van der Waals surface area contributed by atoms with Crippen molar-refractivity contribution in [1.29, 1.82) is 0 Å². The van der Waals surface area contributed by atoms with Crippen LogP contribution in [0.3, 0.4) is 0 Å². The summed E-state index contributed by atoms with van der Waals surface area (Å²) in [6.07, 6.45) is 0. The van der Waals surface area contributed by atoms with Crippen molar-refractivity contribution in [3.8, 4) is 0 Å². The maximum Gasteiger partial charge on any atom is 0.165 e. The van der Waals surface area contributed by atoms with Gasteiger partial charge in [0, 0.05) is 0 Å². The first-order valence-corrected chi connectivity index (χ1v) is 2.89. The zero-order valence-corrected chi connectivity index (χ0v) is 5.81. The molecule has 0 heterocycles. The fourth-order valence-electron chi connectivity index (χ4n) is 0.0816. The fourth-order valence-corrected chi connectivity index (χ4v) is 0.163. The van der Waals surface area contributed by atoms with Gasteiger partial charge in [-0.05, 0) is 0 Å². The maximum absolute atomic E-state index is 8.69. The Balaban J connectivity index is 3.71. The molecule has 0 aliphatic carbocycles. The van der Waals surface area contributed by atoms with E-state index >= 15 is 0 Å². The van der Waals surface area contributed by atoms with Gasteiger partial charge in [0.2, 0.25) is 0 Å². The number of aliphatic hydroxyl groups excluding tert-OH is 2. The van der Waals surface area contributed by atoms with Gasteiger partial charge in [0.15, 0.2) is 4.93 Å². The van der Waals surface area contributed by atoms with Crippen molar-refractivity contribution in [3.05, 3.63) is 0 Å². The first-order chi connectivity index (χ1) is 3.50. The lowest BCUT2D eigenvalue weighted by atomic mass is 10.4. The molecule has 50 valence electrons. The molecule has 0 aromatic heterocycles. The second-order valence-electron chi connectivity index (χ2n) is 1.41. The Labute approximate surface area is 58.2 Å². The molecule has 2 unspecified atom stereocenters. The van der Waals surface area contributed by atoms with Crippen molar-refractivity contribution in [2.45, 2.75) is 10.4 Å². The first-order valence-electron chi connectivity index (χ1n) is 1.92. The van der Waals surface area contributed by atoms with E-state index in [1.54, 1.807) is 0 Å². The highest BCUT2D eigenvalue weighted by atomic mass is 32.1. The molecule has 0 rings (SSSR count). The van der Waals surface area contributed by atoms with E-state index in [1.165, 1.54) is 0 Å². The number of aliphatic hydroxyl groups is 3. The van der Waals surface area contributed by atoms with Crippen LogP contribution in [0.25, 0.3) is 0 Å². The molecule has 3 nitrogen and oxygen atoms in total. The largest absolute Gasteiger partial charge is 0.392 e. The van der Waals surface area contributed by atoms with Crippen LogP contribution in [-0.2, 0) is 0 Å². The van der Waals surface area contributed by atoms with Crippen LogP contribution in [0.1, 0.15) is 0 Å². The minimum Gasteiger partial charge on any atom is -0.392 e. The summed E-state index contributed by atoms with van der Waals surface area (Å²) in [4.78, 5) is -1.79. The molecule has 0 saturated carbocycles. The van der Waals surface area contributed by atoms with Crippen LogP contribution in [0.2, 0.25) is 0 Å². The average molecular weight is 156 g/mol. The summed E-state index contributed by atoms with van der Waals surface area (Å²) in [6.45, 7) is -0.624. The zero-order chi connectivity index (χ0) is 6.78. The maximum atomic E-state index is 8.69. The zero-order valence-electron chi connectivity index (χ0n) is 4.02. The van der Waals surface area contributed by atoms with E-state index in [0.717, 1.165) is 0 Å². The monoisotopic (exact) mass is 156 g/mol. The van der Waals surface area contributed by atoms with E-state index in [9.17, 15) is 0 Å². The third kappa shape index (κ3) is 2.23.